The Hall–Kier alpha value is -1.28. The SMILES string of the molecule is Cc1ccc2c(CC3CCNC3)cn(C)c2c1. The Morgan fingerprint density at radius 2 is 2.29 bits per heavy atom. The monoisotopic (exact) mass is 228 g/mol. The summed E-state index contributed by atoms with van der Waals surface area (Å²) in [6.07, 6.45) is 4.85. The third-order valence-electron chi connectivity index (χ3n) is 3.90. The van der Waals surface area contributed by atoms with Crippen molar-refractivity contribution in [1.82, 2.24) is 9.88 Å². The van der Waals surface area contributed by atoms with Crippen molar-refractivity contribution < 1.29 is 0 Å². The molecule has 3 rings (SSSR count). The largest absolute Gasteiger partial charge is 0.350 e. The zero-order valence-corrected chi connectivity index (χ0v) is 10.7. The van der Waals surface area contributed by atoms with Gasteiger partial charge < -0.3 is 9.88 Å². The molecule has 2 heteroatoms. The molecule has 1 atom stereocenters. The third-order valence-corrected chi connectivity index (χ3v) is 3.90. The Labute approximate surface area is 103 Å². The highest BCUT2D eigenvalue weighted by Gasteiger charge is 2.17. The molecule has 1 aliphatic rings. The number of nitrogens with one attached hydrogen (secondary N) is 1. The number of hydrogen-bond acceptors (Lipinski definition) is 1. The lowest BCUT2D eigenvalue weighted by molar-refractivity contribution is 0.581. The molecule has 1 fully saturated rings. The summed E-state index contributed by atoms with van der Waals surface area (Å²) in [7, 11) is 2.15. The van der Waals surface area contributed by atoms with Crippen LogP contribution >= 0.6 is 0 Å². The van der Waals surface area contributed by atoms with Gasteiger partial charge in [0.25, 0.3) is 0 Å². The van der Waals surface area contributed by atoms with Crippen LogP contribution in [0, 0.1) is 12.8 Å². The van der Waals surface area contributed by atoms with E-state index in [0.717, 1.165) is 5.92 Å². The normalized spacial score (nSPS) is 20.2. The van der Waals surface area contributed by atoms with Crippen LogP contribution in [0.3, 0.4) is 0 Å². The molecule has 1 aliphatic heterocycles. The Morgan fingerprint density at radius 3 is 3.06 bits per heavy atom. The minimum atomic E-state index is 0.821. The van der Waals surface area contributed by atoms with Crippen molar-refractivity contribution >= 4 is 10.9 Å². The molecule has 2 aromatic rings. The van der Waals surface area contributed by atoms with Crippen molar-refractivity contribution in [1.29, 1.82) is 0 Å². The van der Waals surface area contributed by atoms with E-state index in [4.69, 9.17) is 0 Å². The van der Waals surface area contributed by atoms with Gasteiger partial charge in [-0.15, -0.1) is 0 Å². The molecule has 0 aliphatic carbocycles. The van der Waals surface area contributed by atoms with E-state index in [0.29, 0.717) is 0 Å². The third kappa shape index (κ3) is 1.98. The molecule has 1 aromatic carbocycles. The predicted molar refractivity (Wildman–Crippen MR) is 72.3 cm³/mol. The highest BCUT2D eigenvalue weighted by atomic mass is 14.9. The molecule has 1 saturated heterocycles. The van der Waals surface area contributed by atoms with Crippen LogP contribution in [0.5, 0.6) is 0 Å². The molecule has 0 bridgehead atoms. The summed E-state index contributed by atoms with van der Waals surface area (Å²) in [5.74, 6) is 0.821. The second-order valence-corrected chi connectivity index (χ2v) is 5.35. The summed E-state index contributed by atoms with van der Waals surface area (Å²) < 4.78 is 2.26. The van der Waals surface area contributed by atoms with E-state index < -0.39 is 0 Å². The maximum absolute atomic E-state index is 3.45. The summed E-state index contributed by atoms with van der Waals surface area (Å²) in [5.41, 5.74) is 4.22. The Kier molecular flexibility index (Phi) is 2.67. The van der Waals surface area contributed by atoms with Gasteiger partial charge in [-0.25, -0.2) is 0 Å². The van der Waals surface area contributed by atoms with Crippen LogP contribution in [0.25, 0.3) is 10.9 Å². The molecule has 0 saturated carbocycles. The lowest BCUT2D eigenvalue weighted by Gasteiger charge is -2.06. The van der Waals surface area contributed by atoms with E-state index in [9.17, 15) is 0 Å². The second-order valence-electron chi connectivity index (χ2n) is 5.35. The van der Waals surface area contributed by atoms with Crippen LogP contribution in [0.2, 0.25) is 0 Å². The van der Waals surface area contributed by atoms with Gasteiger partial charge in [0, 0.05) is 24.1 Å². The Bertz CT molecular complexity index is 533. The van der Waals surface area contributed by atoms with Gasteiger partial charge in [-0.3, -0.25) is 0 Å². The van der Waals surface area contributed by atoms with Crippen molar-refractivity contribution in [2.24, 2.45) is 13.0 Å². The highest BCUT2D eigenvalue weighted by Crippen LogP contribution is 2.25. The van der Waals surface area contributed by atoms with E-state index in [-0.39, 0.29) is 0 Å². The molecule has 90 valence electrons. The molecule has 0 radical (unpaired) electrons. The minimum Gasteiger partial charge on any atom is -0.350 e. The standard InChI is InChI=1S/C15H20N2/c1-11-3-4-14-13(8-12-5-6-16-9-12)10-17(2)15(14)7-11/h3-4,7,10,12,16H,5-6,8-9H2,1-2H3. The number of rotatable bonds is 2. The molecule has 1 aromatic heterocycles. The van der Waals surface area contributed by atoms with Crippen LogP contribution in [-0.4, -0.2) is 17.7 Å². The minimum absolute atomic E-state index is 0.821. The van der Waals surface area contributed by atoms with Gasteiger partial charge in [0.05, 0.1) is 0 Å². The van der Waals surface area contributed by atoms with E-state index in [2.05, 4.69) is 48.3 Å². The van der Waals surface area contributed by atoms with Crippen LogP contribution in [-0.2, 0) is 13.5 Å². The zero-order valence-electron chi connectivity index (χ0n) is 10.7. The average molecular weight is 228 g/mol. The summed E-state index contributed by atoms with van der Waals surface area (Å²) >= 11 is 0. The van der Waals surface area contributed by atoms with Crippen LogP contribution in [0.4, 0.5) is 0 Å². The van der Waals surface area contributed by atoms with Crippen LogP contribution in [0.1, 0.15) is 17.5 Å². The summed E-state index contributed by atoms with van der Waals surface area (Å²) in [6.45, 7) is 4.53. The smallest absolute Gasteiger partial charge is 0.0483 e. The number of nitrogens with zero attached hydrogens (tertiary/aromatic N) is 1. The molecule has 2 nitrogen and oxygen atoms in total. The quantitative estimate of drug-likeness (QED) is 0.836. The van der Waals surface area contributed by atoms with Crippen molar-refractivity contribution in [3.63, 3.8) is 0 Å². The van der Waals surface area contributed by atoms with E-state index in [1.54, 1.807) is 0 Å². The van der Waals surface area contributed by atoms with Gasteiger partial charge in [0.1, 0.15) is 0 Å². The second kappa shape index (κ2) is 4.19. The predicted octanol–water partition coefficient (Wildman–Crippen LogP) is 2.64. The first kappa shape index (κ1) is 10.8. The fourth-order valence-corrected chi connectivity index (χ4v) is 2.94. The molecule has 1 N–H and O–H groups in total. The van der Waals surface area contributed by atoms with E-state index in [1.165, 1.54) is 48.0 Å². The molecule has 1 unspecified atom stereocenters. The fourth-order valence-electron chi connectivity index (χ4n) is 2.94. The first-order chi connectivity index (χ1) is 8.24. The molecule has 0 amide bonds. The zero-order chi connectivity index (χ0) is 11.8. The van der Waals surface area contributed by atoms with Gasteiger partial charge in [-0.05, 0) is 56.0 Å². The van der Waals surface area contributed by atoms with Crippen LogP contribution in [0.15, 0.2) is 24.4 Å². The summed E-state index contributed by atoms with van der Waals surface area (Å²) in [5, 5.41) is 4.88. The Balaban J connectivity index is 1.98. The van der Waals surface area contributed by atoms with Crippen LogP contribution < -0.4 is 5.32 Å². The average Bonchev–Trinajstić information content (AvgIpc) is 2.89. The summed E-state index contributed by atoms with van der Waals surface area (Å²) in [4.78, 5) is 0. The van der Waals surface area contributed by atoms with Gasteiger partial charge in [0.15, 0.2) is 0 Å². The fraction of sp³-hybridized carbons (Fsp3) is 0.467. The number of benzene rings is 1. The molecule has 17 heavy (non-hydrogen) atoms. The van der Waals surface area contributed by atoms with Crippen molar-refractivity contribution in [3.8, 4) is 0 Å². The number of aromatic nitrogens is 1. The molecule has 2 heterocycles. The van der Waals surface area contributed by atoms with Gasteiger partial charge in [-0.1, -0.05) is 12.1 Å². The maximum Gasteiger partial charge on any atom is 0.0483 e. The van der Waals surface area contributed by atoms with Crippen molar-refractivity contribution in [2.45, 2.75) is 19.8 Å². The Morgan fingerprint density at radius 1 is 1.41 bits per heavy atom. The topological polar surface area (TPSA) is 17.0 Å². The number of fused-ring (bicyclic) bond motifs is 1. The van der Waals surface area contributed by atoms with E-state index in [1.807, 2.05) is 0 Å². The summed E-state index contributed by atoms with van der Waals surface area (Å²) in [6, 6.07) is 6.78. The van der Waals surface area contributed by atoms with Crippen molar-refractivity contribution in [3.05, 3.63) is 35.5 Å². The molecular formula is C15H20N2. The first-order valence-electron chi connectivity index (χ1n) is 6.49. The van der Waals surface area contributed by atoms with Crippen molar-refractivity contribution in [2.75, 3.05) is 13.1 Å². The molecular weight excluding hydrogens is 208 g/mol. The molecule has 0 spiro atoms. The first-order valence-corrected chi connectivity index (χ1v) is 6.49. The van der Waals surface area contributed by atoms with Gasteiger partial charge in [-0.2, -0.15) is 0 Å². The van der Waals surface area contributed by atoms with Gasteiger partial charge >= 0.3 is 0 Å². The lowest BCUT2D eigenvalue weighted by Crippen LogP contribution is -2.10. The van der Waals surface area contributed by atoms with Gasteiger partial charge in [0.2, 0.25) is 0 Å². The van der Waals surface area contributed by atoms with E-state index >= 15 is 0 Å². The number of aryl methyl sites for hydroxylation is 2. The lowest BCUT2D eigenvalue weighted by atomic mass is 9.98. The number of hydrogen-bond donors (Lipinski definition) is 1. The highest BCUT2D eigenvalue weighted by molar-refractivity contribution is 5.84. The maximum atomic E-state index is 3.45.